The second-order valence-corrected chi connectivity index (χ2v) is 7.93. The van der Waals surface area contributed by atoms with E-state index in [0.29, 0.717) is 21.7 Å². The molecule has 0 aliphatic rings. The Morgan fingerprint density at radius 3 is 2.53 bits per heavy atom. The number of fused-ring (bicyclic) bond motifs is 1. The van der Waals surface area contributed by atoms with E-state index in [-0.39, 0.29) is 27.9 Å². The highest BCUT2D eigenvalue weighted by atomic mass is 35.5. The van der Waals surface area contributed by atoms with Crippen LogP contribution in [0.2, 0.25) is 15.1 Å². The van der Waals surface area contributed by atoms with E-state index >= 15 is 0 Å². The second kappa shape index (κ2) is 8.34. The van der Waals surface area contributed by atoms with Crippen LogP contribution in [-0.4, -0.2) is 15.1 Å². The minimum absolute atomic E-state index is 0.00841. The zero-order valence-electron chi connectivity index (χ0n) is 15.2. The van der Waals surface area contributed by atoms with Crippen molar-refractivity contribution in [3.63, 3.8) is 0 Å². The van der Waals surface area contributed by atoms with E-state index in [9.17, 15) is 13.9 Å². The first-order valence-electron chi connectivity index (χ1n) is 8.86. The predicted molar refractivity (Wildman–Crippen MR) is 115 cm³/mol. The van der Waals surface area contributed by atoms with Crippen molar-refractivity contribution < 1.29 is 13.9 Å². The molecule has 0 saturated heterocycles. The number of hydrogen-bond acceptors (Lipinski definition) is 3. The van der Waals surface area contributed by atoms with Crippen LogP contribution in [0.3, 0.4) is 0 Å². The van der Waals surface area contributed by atoms with Gasteiger partial charge in [0.05, 0.1) is 21.9 Å². The summed E-state index contributed by atoms with van der Waals surface area (Å²) in [6, 6.07) is 10.9. The third-order valence-electron chi connectivity index (χ3n) is 4.83. The summed E-state index contributed by atoms with van der Waals surface area (Å²) in [5, 5.41) is 12.5. The van der Waals surface area contributed by atoms with Crippen molar-refractivity contribution in [3.8, 4) is 5.75 Å². The van der Waals surface area contributed by atoms with E-state index in [1.54, 1.807) is 30.5 Å². The highest BCUT2D eigenvalue weighted by molar-refractivity contribution is 6.43. The lowest BCUT2D eigenvalue weighted by molar-refractivity contribution is 0.468. The summed E-state index contributed by atoms with van der Waals surface area (Å²) < 4.78 is 27.7. The molecular weight excluding hydrogens is 453 g/mol. The number of nitrogens with zero attached hydrogens (tertiary/aromatic N) is 2. The maximum Gasteiger partial charge on any atom is 0.147 e. The van der Waals surface area contributed by atoms with Gasteiger partial charge in [0.2, 0.25) is 0 Å². The number of halogens is 5. The Morgan fingerprint density at radius 1 is 0.967 bits per heavy atom. The number of aromatic hydroxyl groups is 1. The number of aromatic nitrogens is 2. The molecule has 0 fully saturated rings. The first-order valence-corrected chi connectivity index (χ1v) is 9.99. The fourth-order valence-corrected chi connectivity index (χ4v) is 4.18. The lowest BCUT2D eigenvalue weighted by atomic mass is 9.86. The molecule has 1 unspecified atom stereocenters. The molecule has 0 aliphatic heterocycles. The molecule has 30 heavy (non-hydrogen) atoms. The summed E-state index contributed by atoms with van der Waals surface area (Å²) in [4.78, 5) is 8.12. The van der Waals surface area contributed by atoms with Gasteiger partial charge in [-0.3, -0.25) is 9.97 Å². The molecule has 2 aromatic carbocycles. The van der Waals surface area contributed by atoms with E-state index in [1.807, 2.05) is 6.07 Å². The Morgan fingerprint density at radius 2 is 1.77 bits per heavy atom. The van der Waals surface area contributed by atoms with Gasteiger partial charge < -0.3 is 5.11 Å². The van der Waals surface area contributed by atoms with Crippen molar-refractivity contribution in [2.75, 3.05) is 0 Å². The third kappa shape index (κ3) is 3.93. The van der Waals surface area contributed by atoms with Crippen LogP contribution < -0.4 is 0 Å². The zero-order valence-corrected chi connectivity index (χ0v) is 17.5. The first kappa shape index (κ1) is 20.8. The number of phenolic OH excluding ortho intramolecular Hbond substituents is 1. The van der Waals surface area contributed by atoms with Gasteiger partial charge in [-0.15, -0.1) is 0 Å². The third-order valence-corrected chi connectivity index (χ3v) is 5.87. The lowest BCUT2D eigenvalue weighted by Crippen LogP contribution is -2.10. The standard InChI is InChI=1S/C22H13Cl3F2N2O/c23-12-6-16(20(25)17(24)7-12)15(9-19-18(27)8-13(26)10-29-19)14-4-3-11-2-1-5-28-21(11)22(14)30/h1-8,10,15,30H,9H2. The van der Waals surface area contributed by atoms with Gasteiger partial charge in [0.1, 0.15) is 22.9 Å². The summed E-state index contributed by atoms with van der Waals surface area (Å²) in [5.41, 5.74) is 1.31. The van der Waals surface area contributed by atoms with Crippen molar-refractivity contribution in [1.29, 1.82) is 0 Å². The average Bonchev–Trinajstić information content (AvgIpc) is 2.71. The van der Waals surface area contributed by atoms with Crippen molar-refractivity contribution in [1.82, 2.24) is 9.97 Å². The van der Waals surface area contributed by atoms with Crippen molar-refractivity contribution in [2.45, 2.75) is 12.3 Å². The fraction of sp³-hybridized carbons (Fsp3) is 0.0909. The summed E-state index contributed by atoms with van der Waals surface area (Å²) in [7, 11) is 0. The Bertz CT molecular complexity index is 1270. The number of hydrogen-bond donors (Lipinski definition) is 1. The van der Waals surface area contributed by atoms with E-state index in [4.69, 9.17) is 34.8 Å². The molecule has 0 aliphatic carbocycles. The zero-order chi connectivity index (χ0) is 21.4. The van der Waals surface area contributed by atoms with Crippen molar-refractivity contribution in [2.24, 2.45) is 0 Å². The van der Waals surface area contributed by atoms with Gasteiger partial charge in [0.25, 0.3) is 0 Å². The predicted octanol–water partition coefficient (Wildman–Crippen LogP) is 6.95. The summed E-state index contributed by atoms with van der Waals surface area (Å²) in [6.45, 7) is 0. The van der Waals surface area contributed by atoms with E-state index in [1.165, 1.54) is 6.07 Å². The number of benzene rings is 2. The van der Waals surface area contributed by atoms with Crippen LogP contribution in [-0.2, 0) is 6.42 Å². The van der Waals surface area contributed by atoms with Gasteiger partial charge in [0.15, 0.2) is 0 Å². The van der Waals surface area contributed by atoms with Crippen molar-refractivity contribution in [3.05, 3.63) is 98.4 Å². The van der Waals surface area contributed by atoms with Gasteiger partial charge in [-0.25, -0.2) is 8.78 Å². The highest BCUT2D eigenvalue weighted by Gasteiger charge is 2.26. The Hall–Kier alpha value is -2.47. The van der Waals surface area contributed by atoms with E-state index < -0.39 is 17.6 Å². The second-order valence-electron chi connectivity index (χ2n) is 6.71. The summed E-state index contributed by atoms with van der Waals surface area (Å²) >= 11 is 18.8. The largest absolute Gasteiger partial charge is 0.505 e. The molecule has 0 amide bonds. The molecule has 4 aromatic rings. The van der Waals surface area contributed by atoms with Crippen LogP contribution in [0, 0.1) is 11.6 Å². The summed E-state index contributed by atoms with van der Waals surface area (Å²) in [6.07, 6.45) is 2.48. The number of rotatable bonds is 4. The van der Waals surface area contributed by atoms with Gasteiger partial charge in [-0.1, -0.05) is 53.0 Å². The highest BCUT2D eigenvalue weighted by Crippen LogP contribution is 2.43. The average molecular weight is 466 g/mol. The normalized spacial score (nSPS) is 12.3. The van der Waals surface area contributed by atoms with Gasteiger partial charge in [-0.2, -0.15) is 0 Å². The molecule has 0 bridgehead atoms. The van der Waals surface area contributed by atoms with Gasteiger partial charge in [0, 0.05) is 40.6 Å². The monoisotopic (exact) mass is 464 g/mol. The van der Waals surface area contributed by atoms with Gasteiger partial charge >= 0.3 is 0 Å². The maximum atomic E-state index is 14.4. The van der Waals surface area contributed by atoms with Crippen molar-refractivity contribution >= 4 is 45.7 Å². The molecule has 8 heteroatoms. The maximum absolute atomic E-state index is 14.4. The topological polar surface area (TPSA) is 46.0 Å². The molecule has 0 saturated carbocycles. The molecule has 0 radical (unpaired) electrons. The van der Waals surface area contributed by atoms with Crippen LogP contribution >= 0.6 is 34.8 Å². The lowest BCUT2D eigenvalue weighted by Gasteiger charge is -2.22. The Balaban J connectivity index is 1.93. The van der Waals surface area contributed by atoms with Crippen LogP contribution in [0.25, 0.3) is 10.9 Å². The minimum Gasteiger partial charge on any atom is -0.505 e. The van der Waals surface area contributed by atoms with Crippen LogP contribution in [0.15, 0.2) is 54.9 Å². The molecule has 0 spiro atoms. The quantitative estimate of drug-likeness (QED) is 0.332. The number of phenols is 1. The molecular formula is C22H13Cl3F2N2O. The van der Waals surface area contributed by atoms with E-state index in [2.05, 4.69) is 9.97 Å². The van der Waals surface area contributed by atoms with Crippen LogP contribution in [0.1, 0.15) is 22.7 Å². The molecule has 4 rings (SSSR count). The Kier molecular flexibility index (Phi) is 5.78. The Labute approximate surface area is 185 Å². The smallest absolute Gasteiger partial charge is 0.147 e. The number of pyridine rings is 2. The molecule has 2 aromatic heterocycles. The van der Waals surface area contributed by atoms with Crippen LogP contribution in [0.5, 0.6) is 5.75 Å². The molecule has 2 heterocycles. The molecule has 3 nitrogen and oxygen atoms in total. The van der Waals surface area contributed by atoms with Crippen LogP contribution in [0.4, 0.5) is 8.78 Å². The van der Waals surface area contributed by atoms with E-state index in [0.717, 1.165) is 17.6 Å². The SMILES string of the molecule is Oc1c(C(Cc2ncc(F)cc2F)c2cc(Cl)cc(Cl)c2Cl)ccc2cccnc12. The first-order chi connectivity index (χ1) is 14.3. The minimum atomic E-state index is -0.803. The molecule has 1 N–H and O–H groups in total. The van der Waals surface area contributed by atoms with Gasteiger partial charge in [-0.05, 0) is 23.8 Å². The fourth-order valence-electron chi connectivity index (χ4n) is 3.43. The summed E-state index contributed by atoms with van der Waals surface area (Å²) in [5.74, 6) is -2.34. The molecule has 1 atom stereocenters. The molecule has 152 valence electrons.